The Morgan fingerprint density at radius 1 is 1.04 bits per heavy atom. The SMILES string of the molecule is COc1nc(N2CCC(N)CC2)ccc1C1CCCCC1C1=NN(C)CC1. The van der Waals surface area contributed by atoms with Gasteiger partial charge in [0, 0.05) is 56.3 Å². The van der Waals surface area contributed by atoms with Gasteiger partial charge >= 0.3 is 0 Å². The second-order valence-corrected chi connectivity index (χ2v) is 8.31. The quantitative estimate of drug-likeness (QED) is 0.881. The van der Waals surface area contributed by atoms with Crippen molar-refractivity contribution in [3.05, 3.63) is 17.7 Å². The third kappa shape index (κ3) is 3.91. The lowest BCUT2D eigenvalue weighted by atomic mass is 9.73. The Morgan fingerprint density at radius 2 is 1.78 bits per heavy atom. The van der Waals surface area contributed by atoms with Crippen molar-refractivity contribution >= 4 is 11.5 Å². The average molecular weight is 372 g/mol. The molecule has 2 N–H and O–H groups in total. The van der Waals surface area contributed by atoms with Gasteiger partial charge < -0.3 is 15.4 Å². The monoisotopic (exact) mass is 371 g/mol. The Hall–Kier alpha value is -1.82. The first-order valence-electron chi connectivity index (χ1n) is 10.5. The van der Waals surface area contributed by atoms with Crippen LogP contribution in [-0.2, 0) is 0 Å². The van der Waals surface area contributed by atoms with Crippen molar-refractivity contribution in [2.75, 3.05) is 38.7 Å². The highest BCUT2D eigenvalue weighted by Crippen LogP contribution is 2.43. The Balaban J connectivity index is 1.59. The molecule has 0 bridgehead atoms. The number of hydrazone groups is 1. The second-order valence-electron chi connectivity index (χ2n) is 8.31. The summed E-state index contributed by atoms with van der Waals surface area (Å²) in [6, 6.07) is 4.77. The molecule has 0 aromatic carbocycles. The molecule has 1 aromatic heterocycles. The fraction of sp³-hybridized carbons (Fsp3) is 0.714. The van der Waals surface area contributed by atoms with Gasteiger partial charge in [-0.25, -0.2) is 0 Å². The number of aromatic nitrogens is 1. The molecule has 27 heavy (non-hydrogen) atoms. The van der Waals surface area contributed by atoms with Crippen LogP contribution in [0.25, 0.3) is 0 Å². The minimum atomic E-state index is 0.329. The fourth-order valence-electron chi connectivity index (χ4n) is 4.95. The first kappa shape index (κ1) is 18.5. The van der Waals surface area contributed by atoms with Crippen molar-refractivity contribution in [3.63, 3.8) is 0 Å². The first-order chi connectivity index (χ1) is 13.2. The van der Waals surface area contributed by atoms with E-state index in [0.717, 1.165) is 50.6 Å². The highest BCUT2D eigenvalue weighted by atomic mass is 16.5. The molecule has 1 aliphatic carbocycles. The van der Waals surface area contributed by atoms with E-state index in [1.165, 1.54) is 37.0 Å². The highest BCUT2D eigenvalue weighted by Gasteiger charge is 2.34. The largest absolute Gasteiger partial charge is 0.481 e. The van der Waals surface area contributed by atoms with Gasteiger partial charge in [-0.15, -0.1) is 0 Å². The predicted octanol–water partition coefficient (Wildman–Crippen LogP) is 2.98. The second kappa shape index (κ2) is 8.05. The molecule has 1 aromatic rings. The van der Waals surface area contributed by atoms with Gasteiger partial charge in [0.25, 0.3) is 0 Å². The Morgan fingerprint density at radius 3 is 2.44 bits per heavy atom. The average Bonchev–Trinajstić information content (AvgIpc) is 3.14. The van der Waals surface area contributed by atoms with E-state index >= 15 is 0 Å². The number of ether oxygens (including phenoxy) is 1. The third-order valence-corrected chi connectivity index (χ3v) is 6.52. The van der Waals surface area contributed by atoms with Gasteiger partial charge in [-0.05, 0) is 43.7 Å². The van der Waals surface area contributed by atoms with E-state index in [0.29, 0.717) is 17.9 Å². The fourth-order valence-corrected chi connectivity index (χ4v) is 4.95. The summed E-state index contributed by atoms with van der Waals surface area (Å²) in [5, 5.41) is 6.89. The van der Waals surface area contributed by atoms with E-state index in [4.69, 9.17) is 20.6 Å². The van der Waals surface area contributed by atoms with Crippen LogP contribution in [0, 0.1) is 5.92 Å². The molecule has 6 nitrogen and oxygen atoms in total. The summed E-state index contributed by atoms with van der Waals surface area (Å²) >= 11 is 0. The lowest BCUT2D eigenvalue weighted by molar-refractivity contribution is 0.346. The van der Waals surface area contributed by atoms with Crippen molar-refractivity contribution in [2.45, 2.75) is 56.9 Å². The molecule has 3 aliphatic rings. The number of hydrogen-bond acceptors (Lipinski definition) is 6. The number of nitrogens with zero attached hydrogens (tertiary/aromatic N) is 4. The maximum Gasteiger partial charge on any atom is 0.218 e. The summed E-state index contributed by atoms with van der Waals surface area (Å²) in [5.41, 5.74) is 8.69. The van der Waals surface area contributed by atoms with Crippen LogP contribution >= 0.6 is 0 Å². The van der Waals surface area contributed by atoms with Gasteiger partial charge in [-0.1, -0.05) is 12.8 Å². The zero-order chi connectivity index (χ0) is 18.8. The number of hydrogen-bond donors (Lipinski definition) is 1. The van der Waals surface area contributed by atoms with E-state index in [-0.39, 0.29) is 0 Å². The van der Waals surface area contributed by atoms with Crippen LogP contribution in [-0.4, -0.2) is 55.5 Å². The molecular weight excluding hydrogens is 338 g/mol. The molecule has 2 aliphatic heterocycles. The van der Waals surface area contributed by atoms with E-state index in [9.17, 15) is 0 Å². The van der Waals surface area contributed by atoms with E-state index in [2.05, 4.69) is 29.1 Å². The predicted molar refractivity (Wildman–Crippen MR) is 110 cm³/mol. The molecule has 1 saturated heterocycles. The molecule has 3 heterocycles. The summed E-state index contributed by atoms with van der Waals surface area (Å²) in [7, 11) is 3.83. The molecule has 2 fully saturated rings. The number of rotatable bonds is 4. The molecule has 2 unspecified atom stereocenters. The molecule has 2 atom stereocenters. The van der Waals surface area contributed by atoms with Crippen LogP contribution in [0.3, 0.4) is 0 Å². The van der Waals surface area contributed by atoms with Crippen LogP contribution in [0.5, 0.6) is 5.88 Å². The summed E-state index contributed by atoms with van der Waals surface area (Å²) < 4.78 is 5.77. The number of pyridine rings is 1. The number of anilines is 1. The maximum absolute atomic E-state index is 6.05. The molecule has 0 spiro atoms. The Kier molecular flexibility index (Phi) is 5.53. The topological polar surface area (TPSA) is 67.0 Å². The van der Waals surface area contributed by atoms with Crippen LogP contribution in [0.1, 0.15) is 56.4 Å². The number of piperidine rings is 1. The van der Waals surface area contributed by atoms with Crippen molar-refractivity contribution in [2.24, 2.45) is 16.8 Å². The maximum atomic E-state index is 6.05. The Bertz CT molecular complexity index is 683. The van der Waals surface area contributed by atoms with Gasteiger partial charge in [-0.3, -0.25) is 5.01 Å². The lowest BCUT2D eigenvalue weighted by Crippen LogP contribution is -2.40. The number of nitrogens with two attached hydrogens (primary N) is 1. The summed E-state index contributed by atoms with van der Waals surface area (Å²) in [4.78, 5) is 7.24. The van der Waals surface area contributed by atoms with Crippen LogP contribution in [0.2, 0.25) is 0 Å². The van der Waals surface area contributed by atoms with Crippen molar-refractivity contribution in [3.8, 4) is 5.88 Å². The van der Waals surface area contributed by atoms with E-state index in [1.807, 2.05) is 0 Å². The van der Waals surface area contributed by atoms with Gasteiger partial charge in [0.05, 0.1) is 7.11 Å². The first-order valence-corrected chi connectivity index (χ1v) is 10.5. The van der Waals surface area contributed by atoms with Gasteiger partial charge in [0.15, 0.2) is 0 Å². The van der Waals surface area contributed by atoms with Gasteiger partial charge in [0.2, 0.25) is 5.88 Å². The van der Waals surface area contributed by atoms with E-state index < -0.39 is 0 Å². The molecule has 6 heteroatoms. The summed E-state index contributed by atoms with van der Waals surface area (Å²) in [5.74, 6) is 2.81. The summed E-state index contributed by atoms with van der Waals surface area (Å²) in [6.45, 7) is 3.00. The van der Waals surface area contributed by atoms with Crippen LogP contribution < -0.4 is 15.4 Å². The molecule has 0 radical (unpaired) electrons. The molecule has 0 amide bonds. The smallest absolute Gasteiger partial charge is 0.218 e. The number of methoxy groups -OCH3 is 1. The molecular formula is C21H33N5O. The minimum absolute atomic E-state index is 0.329. The minimum Gasteiger partial charge on any atom is -0.481 e. The van der Waals surface area contributed by atoms with Gasteiger partial charge in [-0.2, -0.15) is 10.1 Å². The van der Waals surface area contributed by atoms with Crippen LogP contribution in [0.15, 0.2) is 17.2 Å². The summed E-state index contributed by atoms with van der Waals surface area (Å²) in [6.07, 6.45) is 8.16. The standard InChI is InChI=1S/C21H33N5O/c1-25-12-11-19(24-25)17-6-4-3-5-16(17)18-7-8-20(23-21(18)27-2)26-13-9-15(22)10-14-26/h7-8,15-17H,3-6,9-14,22H2,1-2H3. The highest BCUT2D eigenvalue weighted by molar-refractivity contribution is 5.89. The molecule has 148 valence electrons. The zero-order valence-corrected chi connectivity index (χ0v) is 16.7. The van der Waals surface area contributed by atoms with Gasteiger partial charge in [0.1, 0.15) is 5.82 Å². The van der Waals surface area contributed by atoms with Crippen molar-refractivity contribution < 1.29 is 4.74 Å². The van der Waals surface area contributed by atoms with Crippen molar-refractivity contribution in [1.29, 1.82) is 0 Å². The lowest BCUT2D eigenvalue weighted by Gasteiger charge is -2.34. The van der Waals surface area contributed by atoms with E-state index in [1.54, 1.807) is 7.11 Å². The normalized spacial score (nSPS) is 27.0. The molecule has 4 rings (SSSR count). The Labute approximate surface area is 162 Å². The third-order valence-electron chi connectivity index (χ3n) is 6.52. The van der Waals surface area contributed by atoms with Crippen LogP contribution in [0.4, 0.5) is 5.82 Å². The zero-order valence-electron chi connectivity index (χ0n) is 16.7. The van der Waals surface area contributed by atoms with Crippen molar-refractivity contribution in [1.82, 2.24) is 9.99 Å². The molecule has 1 saturated carbocycles.